The van der Waals surface area contributed by atoms with Crippen LogP contribution in [-0.2, 0) is 10.0 Å². The lowest BCUT2D eigenvalue weighted by Gasteiger charge is -2.09. The second-order valence-corrected chi connectivity index (χ2v) is 6.28. The number of aliphatic hydroxyl groups is 1. The minimum absolute atomic E-state index is 0.0289. The Morgan fingerprint density at radius 3 is 2.58 bits per heavy atom. The van der Waals surface area contributed by atoms with Crippen molar-refractivity contribution in [3.05, 3.63) is 40.3 Å². The predicted molar refractivity (Wildman–Crippen MR) is 78.3 cm³/mol. The fraction of sp³-hybridized carbons (Fsp3) is 0.385. The van der Waals surface area contributed by atoms with Gasteiger partial charge in [-0.3, -0.25) is 0 Å². The summed E-state index contributed by atoms with van der Waals surface area (Å²) in [4.78, 5) is 0. The predicted octanol–water partition coefficient (Wildman–Crippen LogP) is 2.39. The van der Waals surface area contributed by atoms with Crippen LogP contribution in [0.5, 0.6) is 0 Å². The highest BCUT2D eigenvalue weighted by molar-refractivity contribution is 7.92. The number of sulfonamides is 1. The van der Waals surface area contributed by atoms with Crippen molar-refractivity contribution in [3.63, 3.8) is 0 Å². The first-order valence-corrected chi connectivity index (χ1v) is 7.97. The summed E-state index contributed by atoms with van der Waals surface area (Å²) in [6, 6.07) is 6.82. The van der Waals surface area contributed by atoms with Crippen molar-refractivity contribution in [2.45, 2.75) is 25.9 Å². The molecular weight excluding hydrogens is 286 g/mol. The SMILES string of the molecule is CCCC(O)CNS(=O)(=O)/C=C/c1ccc(Cl)cc1. The Morgan fingerprint density at radius 1 is 1.37 bits per heavy atom. The number of aliphatic hydroxyl groups excluding tert-OH is 1. The lowest BCUT2D eigenvalue weighted by Crippen LogP contribution is -2.30. The molecule has 1 aromatic carbocycles. The summed E-state index contributed by atoms with van der Waals surface area (Å²) < 4.78 is 25.6. The van der Waals surface area contributed by atoms with Crippen LogP contribution in [-0.4, -0.2) is 26.2 Å². The molecule has 0 radical (unpaired) electrons. The molecule has 0 aliphatic rings. The maximum atomic E-state index is 11.6. The van der Waals surface area contributed by atoms with Gasteiger partial charge in [-0.1, -0.05) is 37.1 Å². The maximum absolute atomic E-state index is 11.6. The Balaban J connectivity index is 2.56. The Kier molecular flexibility index (Phi) is 6.51. The first-order valence-electron chi connectivity index (χ1n) is 6.04. The summed E-state index contributed by atoms with van der Waals surface area (Å²) in [7, 11) is -3.53. The first-order chi connectivity index (χ1) is 8.93. The topological polar surface area (TPSA) is 66.4 Å². The van der Waals surface area contributed by atoms with Crippen molar-refractivity contribution in [3.8, 4) is 0 Å². The first kappa shape index (κ1) is 16.2. The number of hydrogen-bond donors (Lipinski definition) is 2. The second-order valence-electron chi connectivity index (χ2n) is 4.19. The molecule has 0 saturated heterocycles. The van der Waals surface area contributed by atoms with Crippen molar-refractivity contribution >= 4 is 27.7 Å². The van der Waals surface area contributed by atoms with Gasteiger partial charge in [-0.15, -0.1) is 0 Å². The maximum Gasteiger partial charge on any atom is 0.233 e. The molecule has 0 aliphatic heterocycles. The summed E-state index contributed by atoms with van der Waals surface area (Å²) in [6.07, 6.45) is 2.21. The highest BCUT2D eigenvalue weighted by atomic mass is 35.5. The quantitative estimate of drug-likeness (QED) is 0.813. The van der Waals surface area contributed by atoms with E-state index in [1.54, 1.807) is 24.3 Å². The molecule has 106 valence electrons. The van der Waals surface area contributed by atoms with Crippen molar-refractivity contribution < 1.29 is 13.5 Å². The van der Waals surface area contributed by atoms with Crippen LogP contribution in [0.25, 0.3) is 6.08 Å². The minimum atomic E-state index is -3.53. The van der Waals surface area contributed by atoms with Crippen LogP contribution in [0.1, 0.15) is 25.3 Å². The molecule has 1 unspecified atom stereocenters. The van der Waals surface area contributed by atoms with Gasteiger partial charge in [0.25, 0.3) is 0 Å². The smallest absolute Gasteiger partial charge is 0.233 e. The summed E-state index contributed by atoms with van der Waals surface area (Å²) in [5, 5.41) is 11.1. The molecule has 0 aromatic heterocycles. The summed E-state index contributed by atoms with van der Waals surface area (Å²) in [5.41, 5.74) is 0.740. The fourth-order valence-electron chi connectivity index (χ4n) is 1.44. The van der Waals surface area contributed by atoms with Gasteiger partial charge >= 0.3 is 0 Å². The van der Waals surface area contributed by atoms with Gasteiger partial charge in [0.2, 0.25) is 10.0 Å². The molecule has 0 spiro atoms. The van der Waals surface area contributed by atoms with Crippen molar-refractivity contribution in [2.24, 2.45) is 0 Å². The third kappa shape index (κ3) is 6.73. The van der Waals surface area contributed by atoms with E-state index in [9.17, 15) is 13.5 Å². The van der Waals surface area contributed by atoms with Gasteiger partial charge in [0, 0.05) is 17.0 Å². The summed E-state index contributed by atoms with van der Waals surface area (Å²) in [5.74, 6) is 0. The minimum Gasteiger partial charge on any atom is -0.392 e. The molecule has 0 fully saturated rings. The van der Waals surface area contributed by atoms with Gasteiger partial charge < -0.3 is 5.11 Å². The largest absolute Gasteiger partial charge is 0.392 e. The fourth-order valence-corrected chi connectivity index (χ4v) is 2.42. The number of nitrogens with one attached hydrogen (secondary N) is 1. The molecule has 4 nitrogen and oxygen atoms in total. The van der Waals surface area contributed by atoms with E-state index in [1.165, 1.54) is 6.08 Å². The normalized spacial score (nSPS) is 13.8. The van der Waals surface area contributed by atoms with Crippen LogP contribution in [0.4, 0.5) is 0 Å². The molecule has 0 bridgehead atoms. The zero-order chi connectivity index (χ0) is 14.3. The Morgan fingerprint density at radius 2 is 2.00 bits per heavy atom. The standard InChI is InChI=1S/C13H18ClNO3S/c1-2-3-13(16)10-15-19(17,18)9-8-11-4-6-12(14)7-5-11/h4-9,13,15-16H,2-3,10H2,1H3/b9-8+. The lowest BCUT2D eigenvalue weighted by molar-refractivity contribution is 0.167. The van der Waals surface area contributed by atoms with Gasteiger partial charge in [0.05, 0.1) is 6.10 Å². The molecule has 0 heterocycles. The van der Waals surface area contributed by atoms with E-state index in [2.05, 4.69) is 4.72 Å². The van der Waals surface area contributed by atoms with Gasteiger partial charge in [0.1, 0.15) is 0 Å². The van der Waals surface area contributed by atoms with E-state index in [-0.39, 0.29) is 6.54 Å². The van der Waals surface area contributed by atoms with Gasteiger partial charge in [-0.25, -0.2) is 13.1 Å². The van der Waals surface area contributed by atoms with Gasteiger partial charge in [-0.2, -0.15) is 0 Å². The van der Waals surface area contributed by atoms with E-state index in [0.717, 1.165) is 17.4 Å². The van der Waals surface area contributed by atoms with Crippen molar-refractivity contribution in [2.75, 3.05) is 6.54 Å². The van der Waals surface area contributed by atoms with E-state index < -0.39 is 16.1 Å². The van der Waals surface area contributed by atoms with E-state index in [0.29, 0.717) is 11.4 Å². The molecular formula is C13H18ClNO3S. The third-order valence-electron chi connectivity index (χ3n) is 2.45. The van der Waals surface area contributed by atoms with Crippen molar-refractivity contribution in [1.82, 2.24) is 4.72 Å². The average molecular weight is 304 g/mol. The third-order valence-corrected chi connectivity index (χ3v) is 3.77. The van der Waals surface area contributed by atoms with E-state index in [4.69, 9.17) is 11.6 Å². The van der Waals surface area contributed by atoms with Crippen molar-refractivity contribution in [1.29, 1.82) is 0 Å². The molecule has 2 N–H and O–H groups in total. The number of rotatable bonds is 7. The number of halogens is 1. The summed E-state index contributed by atoms with van der Waals surface area (Å²) >= 11 is 5.73. The van der Waals surface area contributed by atoms with Crippen LogP contribution in [0.3, 0.4) is 0 Å². The molecule has 0 aliphatic carbocycles. The van der Waals surface area contributed by atoms with Crippen LogP contribution < -0.4 is 4.72 Å². The van der Waals surface area contributed by atoms with E-state index >= 15 is 0 Å². The van der Waals surface area contributed by atoms with Crippen LogP contribution in [0.15, 0.2) is 29.7 Å². The van der Waals surface area contributed by atoms with Crippen LogP contribution in [0, 0.1) is 0 Å². The van der Waals surface area contributed by atoms with Gasteiger partial charge in [-0.05, 0) is 30.2 Å². The Bertz CT molecular complexity index is 511. The molecule has 0 saturated carbocycles. The number of hydrogen-bond acceptors (Lipinski definition) is 3. The Labute approximate surface area is 119 Å². The second kappa shape index (κ2) is 7.65. The zero-order valence-corrected chi connectivity index (χ0v) is 12.3. The molecule has 0 amide bonds. The van der Waals surface area contributed by atoms with Gasteiger partial charge in [0.15, 0.2) is 0 Å². The molecule has 19 heavy (non-hydrogen) atoms. The average Bonchev–Trinajstić information content (AvgIpc) is 2.36. The molecule has 1 rings (SSSR count). The highest BCUT2D eigenvalue weighted by Gasteiger charge is 2.08. The molecule has 1 aromatic rings. The molecule has 1 atom stereocenters. The highest BCUT2D eigenvalue weighted by Crippen LogP contribution is 2.11. The van der Waals surface area contributed by atoms with Crippen LogP contribution >= 0.6 is 11.6 Å². The van der Waals surface area contributed by atoms with Crippen LogP contribution in [0.2, 0.25) is 5.02 Å². The lowest BCUT2D eigenvalue weighted by atomic mass is 10.2. The molecule has 6 heteroatoms. The summed E-state index contributed by atoms with van der Waals surface area (Å²) in [6.45, 7) is 1.96. The monoisotopic (exact) mass is 303 g/mol. The Hall–Kier alpha value is -0.880. The number of benzene rings is 1. The zero-order valence-electron chi connectivity index (χ0n) is 10.7. The van der Waals surface area contributed by atoms with E-state index in [1.807, 2.05) is 6.92 Å².